The van der Waals surface area contributed by atoms with Crippen molar-refractivity contribution in [2.45, 2.75) is 4.90 Å². The van der Waals surface area contributed by atoms with Crippen molar-refractivity contribution in [3.63, 3.8) is 0 Å². The van der Waals surface area contributed by atoms with Crippen molar-refractivity contribution >= 4 is 31.8 Å². The van der Waals surface area contributed by atoms with Crippen LogP contribution in [0.25, 0.3) is 32.7 Å². The lowest BCUT2D eigenvalue weighted by Crippen LogP contribution is -1.99. The van der Waals surface area contributed by atoms with E-state index in [1.807, 2.05) is 42.5 Å². The molecule has 0 aliphatic rings. The summed E-state index contributed by atoms with van der Waals surface area (Å²) in [5.74, 6) is 0.491. The number of benzene rings is 4. The Morgan fingerprint density at radius 1 is 0.731 bits per heavy atom. The molecule has 0 saturated heterocycles. The molecule has 130 valence electrons. The average Bonchev–Trinajstić information content (AvgIpc) is 2.65. The number of halogens is 1. The number of ether oxygens (including phenoxy) is 1. The maximum absolute atomic E-state index is 14.2. The van der Waals surface area contributed by atoms with Crippen molar-refractivity contribution in [3.8, 4) is 16.9 Å². The summed E-state index contributed by atoms with van der Waals surface area (Å²) >= 11 is 0. The van der Waals surface area contributed by atoms with Crippen molar-refractivity contribution in [1.82, 2.24) is 0 Å². The molecule has 0 aromatic heterocycles. The van der Waals surface area contributed by atoms with Gasteiger partial charge in [-0.3, -0.25) is 0 Å². The van der Waals surface area contributed by atoms with Gasteiger partial charge in [-0.25, -0.2) is 0 Å². The molecule has 5 heteroatoms. The summed E-state index contributed by atoms with van der Waals surface area (Å²) in [6.45, 7) is 0. The van der Waals surface area contributed by atoms with Gasteiger partial charge in [-0.2, -0.15) is 8.42 Å². The normalized spacial score (nSPS) is 11.8. The van der Waals surface area contributed by atoms with Gasteiger partial charge >= 0.3 is 10.2 Å². The van der Waals surface area contributed by atoms with Crippen molar-refractivity contribution in [3.05, 3.63) is 72.8 Å². The van der Waals surface area contributed by atoms with Crippen LogP contribution in [-0.4, -0.2) is 15.5 Å². The fraction of sp³-hybridized carbons (Fsp3) is 0.0476. The Balaban J connectivity index is 2.28. The van der Waals surface area contributed by atoms with Gasteiger partial charge in [0, 0.05) is 11.1 Å². The van der Waals surface area contributed by atoms with E-state index in [0.29, 0.717) is 22.3 Å². The number of fused-ring (bicyclic) bond motifs is 2. The molecule has 3 nitrogen and oxygen atoms in total. The minimum Gasteiger partial charge on any atom is -0.496 e. The van der Waals surface area contributed by atoms with Crippen LogP contribution in [0, 0.1) is 0 Å². The molecule has 0 fully saturated rings. The molecule has 0 amide bonds. The maximum Gasteiger partial charge on any atom is 0.332 e. The van der Waals surface area contributed by atoms with Gasteiger partial charge in [-0.1, -0.05) is 60.7 Å². The lowest BCUT2D eigenvalue weighted by Gasteiger charge is -2.16. The highest BCUT2D eigenvalue weighted by Crippen LogP contribution is 2.44. The Morgan fingerprint density at radius 3 is 1.85 bits per heavy atom. The van der Waals surface area contributed by atoms with Gasteiger partial charge in [0.25, 0.3) is 0 Å². The third-order valence-electron chi connectivity index (χ3n) is 4.51. The molecule has 0 heterocycles. The van der Waals surface area contributed by atoms with Crippen LogP contribution in [0.15, 0.2) is 77.7 Å². The van der Waals surface area contributed by atoms with Crippen LogP contribution in [-0.2, 0) is 10.2 Å². The number of rotatable bonds is 3. The Morgan fingerprint density at radius 2 is 1.27 bits per heavy atom. The largest absolute Gasteiger partial charge is 0.496 e. The Hall–Kier alpha value is -2.92. The lowest BCUT2D eigenvalue weighted by atomic mass is 9.93. The summed E-state index contributed by atoms with van der Waals surface area (Å²) in [6.07, 6.45) is 0. The second-order valence-electron chi connectivity index (χ2n) is 5.96. The van der Waals surface area contributed by atoms with Gasteiger partial charge < -0.3 is 4.74 Å². The van der Waals surface area contributed by atoms with Crippen LogP contribution in [0.2, 0.25) is 0 Å². The molecule has 4 aromatic carbocycles. The summed E-state index contributed by atoms with van der Waals surface area (Å²) in [4.78, 5) is -0.356. The van der Waals surface area contributed by atoms with E-state index in [0.717, 1.165) is 16.2 Å². The highest BCUT2D eigenvalue weighted by molar-refractivity contribution is 7.86. The second-order valence-corrected chi connectivity index (χ2v) is 7.28. The summed E-state index contributed by atoms with van der Waals surface area (Å²) in [7, 11) is -3.41. The second kappa shape index (κ2) is 6.11. The highest BCUT2D eigenvalue weighted by atomic mass is 32.3. The Kier molecular flexibility index (Phi) is 3.89. The Bertz CT molecular complexity index is 1250. The van der Waals surface area contributed by atoms with E-state index in [1.54, 1.807) is 24.3 Å². The summed E-state index contributed by atoms with van der Waals surface area (Å²) in [6, 6.07) is 21.5. The van der Waals surface area contributed by atoms with Crippen LogP contribution in [0.3, 0.4) is 0 Å². The van der Waals surface area contributed by atoms with Gasteiger partial charge in [0.05, 0.1) is 7.11 Å². The molecule has 0 spiro atoms. The fourth-order valence-electron chi connectivity index (χ4n) is 3.39. The van der Waals surface area contributed by atoms with Gasteiger partial charge in [-0.15, -0.1) is 3.89 Å². The third-order valence-corrected chi connectivity index (χ3v) is 5.38. The standard InChI is InChI=1S/C21H15FO3S/c1-25-18-12-10-14-6-2-4-8-16(14)20(18)21-17-9-5-3-7-15(17)11-13-19(21)26(22,23)24/h2-13H,1H3. The van der Waals surface area contributed by atoms with E-state index in [2.05, 4.69) is 0 Å². The zero-order valence-electron chi connectivity index (χ0n) is 13.9. The summed E-state index contributed by atoms with van der Waals surface area (Å²) < 4.78 is 43.5. The number of hydrogen-bond donors (Lipinski definition) is 0. The first kappa shape index (κ1) is 16.5. The highest BCUT2D eigenvalue weighted by Gasteiger charge is 2.24. The van der Waals surface area contributed by atoms with E-state index in [4.69, 9.17) is 4.74 Å². The fourth-order valence-corrected chi connectivity index (χ4v) is 4.08. The smallest absolute Gasteiger partial charge is 0.332 e. The predicted molar refractivity (Wildman–Crippen MR) is 102 cm³/mol. The van der Waals surface area contributed by atoms with E-state index >= 15 is 0 Å². The summed E-state index contributed by atoms with van der Waals surface area (Å²) in [5.41, 5.74) is 0.887. The SMILES string of the molecule is COc1ccc2ccccc2c1-c1c(S(=O)(=O)F)ccc2ccccc12. The van der Waals surface area contributed by atoms with Crippen LogP contribution in [0.5, 0.6) is 5.75 Å². The predicted octanol–water partition coefficient (Wildman–Crippen LogP) is 5.33. The third kappa shape index (κ3) is 2.61. The quantitative estimate of drug-likeness (QED) is 0.461. The topological polar surface area (TPSA) is 43.4 Å². The number of hydrogen-bond acceptors (Lipinski definition) is 3. The van der Waals surface area contributed by atoms with E-state index in [-0.39, 0.29) is 4.90 Å². The van der Waals surface area contributed by atoms with Crippen LogP contribution in [0.4, 0.5) is 3.89 Å². The van der Waals surface area contributed by atoms with E-state index in [1.165, 1.54) is 13.2 Å². The zero-order valence-corrected chi connectivity index (χ0v) is 14.8. The molecule has 0 bridgehead atoms. The van der Waals surface area contributed by atoms with Gasteiger partial charge in [0.1, 0.15) is 10.6 Å². The Labute approximate surface area is 150 Å². The monoisotopic (exact) mass is 366 g/mol. The molecular formula is C21H15FO3S. The molecule has 0 aliphatic heterocycles. The molecule has 0 radical (unpaired) electrons. The van der Waals surface area contributed by atoms with Crippen molar-refractivity contribution < 1.29 is 17.0 Å². The molecule has 4 aromatic rings. The van der Waals surface area contributed by atoms with Crippen molar-refractivity contribution in [2.75, 3.05) is 7.11 Å². The first-order valence-electron chi connectivity index (χ1n) is 8.03. The first-order chi connectivity index (χ1) is 12.5. The number of methoxy groups -OCH3 is 1. The zero-order chi connectivity index (χ0) is 18.3. The van der Waals surface area contributed by atoms with Crippen molar-refractivity contribution in [2.24, 2.45) is 0 Å². The molecule has 0 N–H and O–H groups in total. The molecular weight excluding hydrogens is 351 g/mol. The van der Waals surface area contributed by atoms with E-state index < -0.39 is 10.2 Å². The summed E-state index contributed by atoms with van der Waals surface area (Å²) in [5, 5.41) is 3.19. The average molecular weight is 366 g/mol. The minimum absolute atomic E-state index is 0.319. The molecule has 0 saturated carbocycles. The van der Waals surface area contributed by atoms with Crippen LogP contribution in [0.1, 0.15) is 0 Å². The van der Waals surface area contributed by atoms with Crippen LogP contribution < -0.4 is 4.74 Å². The molecule has 0 aliphatic carbocycles. The lowest BCUT2D eigenvalue weighted by molar-refractivity contribution is 0.417. The minimum atomic E-state index is -4.92. The van der Waals surface area contributed by atoms with Gasteiger partial charge in [0.2, 0.25) is 0 Å². The molecule has 0 unspecified atom stereocenters. The van der Waals surface area contributed by atoms with Gasteiger partial charge in [-0.05, 0) is 33.7 Å². The molecule has 26 heavy (non-hydrogen) atoms. The maximum atomic E-state index is 14.2. The van der Waals surface area contributed by atoms with Gasteiger partial charge in [0.15, 0.2) is 0 Å². The molecule has 4 rings (SSSR count). The van der Waals surface area contributed by atoms with E-state index in [9.17, 15) is 12.3 Å². The van der Waals surface area contributed by atoms with Crippen LogP contribution >= 0.6 is 0 Å². The first-order valence-corrected chi connectivity index (χ1v) is 9.41. The molecule has 0 atom stereocenters. The van der Waals surface area contributed by atoms with Crippen molar-refractivity contribution in [1.29, 1.82) is 0 Å².